The van der Waals surface area contributed by atoms with Crippen LogP contribution in [-0.4, -0.2) is 42.8 Å². The van der Waals surface area contributed by atoms with E-state index in [0.29, 0.717) is 25.2 Å². The number of nitrogens with zero attached hydrogens (tertiary/aromatic N) is 2. The number of aryl methyl sites for hydroxylation is 1. The predicted molar refractivity (Wildman–Crippen MR) is 95.8 cm³/mol. The highest BCUT2D eigenvalue weighted by molar-refractivity contribution is 7.89. The summed E-state index contributed by atoms with van der Waals surface area (Å²) in [7, 11) is -3.43. The van der Waals surface area contributed by atoms with Crippen LogP contribution in [0.15, 0.2) is 53.7 Å². The molecule has 0 atom stereocenters. The summed E-state index contributed by atoms with van der Waals surface area (Å²) in [4.78, 5) is 12.4. The summed E-state index contributed by atoms with van der Waals surface area (Å²) in [5, 5.41) is 2.86. The van der Waals surface area contributed by atoms with E-state index in [0.717, 1.165) is 25.8 Å². The maximum Gasteiger partial charge on any atom is 0.251 e. The molecule has 0 aliphatic carbocycles. The zero-order valence-corrected chi connectivity index (χ0v) is 14.9. The smallest absolute Gasteiger partial charge is 0.251 e. The van der Waals surface area contributed by atoms with Crippen LogP contribution in [0.4, 0.5) is 0 Å². The second-order valence-corrected chi connectivity index (χ2v) is 8.10. The van der Waals surface area contributed by atoms with Crippen molar-refractivity contribution >= 4 is 15.9 Å². The van der Waals surface area contributed by atoms with E-state index in [4.69, 9.17) is 0 Å². The molecule has 134 valence electrons. The van der Waals surface area contributed by atoms with Crippen LogP contribution in [0.25, 0.3) is 0 Å². The molecule has 1 fully saturated rings. The number of carbonyl (C=O) groups is 1. The Hall–Kier alpha value is -2.12. The molecule has 0 radical (unpaired) electrons. The summed E-state index contributed by atoms with van der Waals surface area (Å²) in [6.07, 6.45) is 6.62. The van der Waals surface area contributed by atoms with Crippen molar-refractivity contribution in [2.45, 2.75) is 30.7 Å². The van der Waals surface area contributed by atoms with Crippen LogP contribution in [0.3, 0.4) is 0 Å². The van der Waals surface area contributed by atoms with Gasteiger partial charge in [-0.2, -0.15) is 4.31 Å². The zero-order valence-electron chi connectivity index (χ0n) is 14.1. The van der Waals surface area contributed by atoms with E-state index in [1.807, 2.05) is 24.5 Å². The third-order valence-electron chi connectivity index (χ3n) is 4.36. The Morgan fingerprint density at radius 1 is 1.04 bits per heavy atom. The number of rotatable bonds is 7. The van der Waals surface area contributed by atoms with Gasteiger partial charge in [-0.05, 0) is 55.7 Å². The van der Waals surface area contributed by atoms with Crippen molar-refractivity contribution in [1.29, 1.82) is 0 Å². The molecule has 0 bridgehead atoms. The Labute approximate surface area is 148 Å². The lowest BCUT2D eigenvalue weighted by Crippen LogP contribution is -2.28. The number of benzene rings is 1. The molecule has 0 saturated carbocycles. The molecular weight excluding hydrogens is 338 g/mol. The maximum absolute atomic E-state index is 12.5. The summed E-state index contributed by atoms with van der Waals surface area (Å²) in [6.45, 7) is 2.57. The first kappa shape index (κ1) is 17.7. The molecule has 3 rings (SSSR count). The molecule has 1 N–H and O–H groups in total. The van der Waals surface area contributed by atoms with Gasteiger partial charge in [0.2, 0.25) is 10.0 Å². The average molecular weight is 361 g/mol. The second-order valence-electron chi connectivity index (χ2n) is 6.17. The van der Waals surface area contributed by atoms with E-state index in [1.54, 1.807) is 12.1 Å². The van der Waals surface area contributed by atoms with Crippen molar-refractivity contribution in [3.05, 3.63) is 54.4 Å². The van der Waals surface area contributed by atoms with Gasteiger partial charge in [0, 0.05) is 44.1 Å². The summed E-state index contributed by atoms with van der Waals surface area (Å²) >= 11 is 0. The van der Waals surface area contributed by atoms with Gasteiger partial charge in [-0.15, -0.1) is 0 Å². The van der Waals surface area contributed by atoms with Crippen molar-refractivity contribution in [2.24, 2.45) is 0 Å². The van der Waals surface area contributed by atoms with E-state index in [2.05, 4.69) is 9.88 Å². The number of aromatic nitrogens is 1. The lowest BCUT2D eigenvalue weighted by Gasteiger charge is -2.15. The van der Waals surface area contributed by atoms with Gasteiger partial charge < -0.3 is 9.88 Å². The van der Waals surface area contributed by atoms with Gasteiger partial charge in [0.25, 0.3) is 5.91 Å². The molecule has 1 aromatic heterocycles. The van der Waals surface area contributed by atoms with Gasteiger partial charge in [0.15, 0.2) is 0 Å². The van der Waals surface area contributed by atoms with Gasteiger partial charge >= 0.3 is 0 Å². The number of sulfonamides is 1. The molecule has 1 amide bonds. The molecule has 2 aromatic rings. The Bertz CT molecular complexity index is 793. The van der Waals surface area contributed by atoms with Gasteiger partial charge in [-0.25, -0.2) is 8.42 Å². The molecule has 6 nitrogen and oxygen atoms in total. The van der Waals surface area contributed by atoms with E-state index in [1.165, 1.54) is 16.4 Å². The number of hydrogen-bond acceptors (Lipinski definition) is 3. The second kappa shape index (κ2) is 7.84. The molecule has 0 spiro atoms. The highest BCUT2D eigenvalue weighted by Crippen LogP contribution is 2.21. The molecule has 1 aliphatic rings. The van der Waals surface area contributed by atoms with Crippen LogP contribution in [0, 0.1) is 0 Å². The fraction of sp³-hybridized carbons (Fsp3) is 0.389. The molecule has 7 heteroatoms. The van der Waals surface area contributed by atoms with Crippen LogP contribution in [0.1, 0.15) is 29.6 Å². The normalized spacial score (nSPS) is 15.4. The van der Waals surface area contributed by atoms with Gasteiger partial charge in [0.1, 0.15) is 0 Å². The summed E-state index contributed by atoms with van der Waals surface area (Å²) in [6, 6.07) is 10.1. The fourth-order valence-corrected chi connectivity index (χ4v) is 4.46. The standard InChI is InChI=1S/C18H23N3O3S/c22-18(19-10-5-13-20-11-1-2-12-20)16-6-8-17(9-7-16)25(23,24)21-14-3-4-15-21/h1-2,6-9,11-12H,3-5,10,13-15H2,(H,19,22). The van der Waals surface area contributed by atoms with Crippen LogP contribution >= 0.6 is 0 Å². The lowest BCUT2D eigenvalue weighted by molar-refractivity contribution is 0.0952. The molecule has 2 heterocycles. The minimum Gasteiger partial charge on any atom is -0.354 e. The molecule has 1 aromatic carbocycles. The zero-order chi connectivity index (χ0) is 17.7. The SMILES string of the molecule is O=C(NCCCn1cccc1)c1ccc(S(=O)(=O)N2CCCC2)cc1. The van der Waals surface area contributed by atoms with E-state index in [-0.39, 0.29) is 10.8 Å². The first-order valence-corrected chi connectivity index (χ1v) is 10.0. The predicted octanol–water partition coefficient (Wildman–Crippen LogP) is 2.09. The first-order valence-electron chi connectivity index (χ1n) is 8.56. The van der Waals surface area contributed by atoms with Crippen molar-refractivity contribution in [1.82, 2.24) is 14.2 Å². The van der Waals surface area contributed by atoms with Crippen LogP contribution in [0.5, 0.6) is 0 Å². The van der Waals surface area contributed by atoms with Crippen LogP contribution in [0.2, 0.25) is 0 Å². The summed E-state index contributed by atoms with van der Waals surface area (Å²) in [5.41, 5.74) is 0.473. The molecular formula is C18H23N3O3S. The molecule has 0 unspecified atom stereocenters. The fourth-order valence-electron chi connectivity index (χ4n) is 2.94. The average Bonchev–Trinajstić information content (AvgIpc) is 3.32. The minimum absolute atomic E-state index is 0.183. The van der Waals surface area contributed by atoms with Crippen molar-refractivity contribution in [3.63, 3.8) is 0 Å². The number of amides is 1. The Balaban J connectivity index is 1.53. The Kier molecular flexibility index (Phi) is 5.55. The largest absolute Gasteiger partial charge is 0.354 e. The van der Waals surface area contributed by atoms with Gasteiger partial charge in [-0.1, -0.05) is 0 Å². The minimum atomic E-state index is -3.43. The van der Waals surface area contributed by atoms with E-state index < -0.39 is 10.0 Å². The highest BCUT2D eigenvalue weighted by Gasteiger charge is 2.27. The molecule has 1 aliphatic heterocycles. The number of hydrogen-bond donors (Lipinski definition) is 1. The molecule has 25 heavy (non-hydrogen) atoms. The third kappa shape index (κ3) is 4.29. The van der Waals surface area contributed by atoms with Crippen LogP contribution in [-0.2, 0) is 16.6 Å². The summed E-state index contributed by atoms with van der Waals surface area (Å²) < 4.78 is 28.5. The lowest BCUT2D eigenvalue weighted by atomic mass is 10.2. The van der Waals surface area contributed by atoms with Gasteiger partial charge in [-0.3, -0.25) is 4.79 Å². The maximum atomic E-state index is 12.5. The van der Waals surface area contributed by atoms with Gasteiger partial charge in [0.05, 0.1) is 4.90 Å². The van der Waals surface area contributed by atoms with Crippen LogP contribution < -0.4 is 5.32 Å². The Morgan fingerprint density at radius 2 is 1.68 bits per heavy atom. The van der Waals surface area contributed by atoms with Crippen molar-refractivity contribution in [2.75, 3.05) is 19.6 Å². The first-order chi connectivity index (χ1) is 12.1. The molecule has 1 saturated heterocycles. The van der Waals surface area contributed by atoms with Crippen molar-refractivity contribution in [3.8, 4) is 0 Å². The Morgan fingerprint density at radius 3 is 2.32 bits per heavy atom. The third-order valence-corrected chi connectivity index (χ3v) is 6.28. The topological polar surface area (TPSA) is 71.4 Å². The number of carbonyl (C=O) groups excluding carboxylic acids is 1. The van der Waals surface area contributed by atoms with E-state index in [9.17, 15) is 13.2 Å². The summed E-state index contributed by atoms with van der Waals surface area (Å²) in [5.74, 6) is -0.183. The quantitative estimate of drug-likeness (QED) is 0.768. The van der Waals surface area contributed by atoms with Crippen molar-refractivity contribution < 1.29 is 13.2 Å². The van der Waals surface area contributed by atoms with E-state index >= 15 is 0 Å². The number of nitrogens with one attached hydrogen (secondary N) is 1. The monoisotopic (exact) mass is 361 g/mol. The highest BCUT2D eigenvalue weighted by atomic mass is 32.2.